The van der Waals surface area contributed by atoms with Gasteiger partial charge in [0.15, 0.2) is 11.6 Å². The average Bonchev–Trinajstić information content (AvgIpc) is 2.66. The maximum Gasteiger partial charge on any atom is 0.277 e. The van der Waals surface area contributed by atoms with Gasteiger partial charge in [-0.05, 0) is 36.2 Å². The van der Waals surface area contributed by atoms with Crippen molar-refractivity contribution >= 4 is 17.3 Å². The highest BCUT2D eigenvalue weighted by Crippen LogP contribution is 2.28. The molecule has 0 aliphatic carbocycles. The van der Waals surface area contributed by atoms with Crippen molar-refractivity contribution in [2.75, 3.05) is 18.5 Å². The zero-order valence-electron chi connectivity index (χ0n) is 14.4. The van der Waals surface area contributed by atoms with Crippen LogP contribution in [0, 0.1) is 17.5 Å². The van der Waals surface area contributed by atoms with E-state index in [-0.39, 0.29) is 11.3 Å². The van der Waals surface area contributed by atoms with E-state index in [1.807, 2.05) is 12.4 Å². The predicted octanol–water partition coefficient (Wildman–Crippen LogP) is 2.42. The maximum atomic E-state index is 14.2. The fourth-order valence-electron chi connectivity index (χ4n) is 2.19. The Labute approximate surface area is 153 Å². The summed E-state index contributed by atoms with van der Waals surface area (Å²) in [5.74, 6) is -4.23. The van der Waals surface area contributed by atoms with Crippen LogP contribution in [0.2, 0.25) is 0 Å². The number of hydrogen-bond acceptors (Lipinski definition) is 5. The average molecular weight is 384 g/mol. The Morgan fingerprint density at radius 2 is 1.93 bits per heavy atom. The minimum Gasteiger partial charge on any atom is -0.394 e. The Bertz CT molecular complexity index is 817. The first-order valence-corrected chi connectivity index (χ1v) is 8.11. The molecule has 0 aromatic heterocycles. The molecule has 0 heterocycles. The van der Waals surface area contributed by atoms with Gasteiger partial charge in [-0.2, -0.15) is 0 Å². The van der Waals surface area contributed by atoms with Gasteiger partial charge in [0.25, 0.3) is 5.91 Å². The van der Waals surface area contributed by atoms with Crippen molar-refractivity contribution in [3.05, 3.63) is 58.9 Å². The van der Waals surface area contributed by atoms with Crippen molar-refractivity contribution in [1.29, 1.82) is 0 Å². The van der Waals surface area contributed by atoms with Crippen LogP contribution in [0.25, 0.3) is 0 Å². The number of benzene rings is 2. The van der Waals surface area contributed by atoms with Gasteiger partial charge in [0.1, 0.15) is 18.5 Å². The second-order valence-corrected chi connectivity index (χ2v) is 5.66. The molecule has 2 rings (SSSR count). The molecule has 0 radical (unpaired) electrons. The molecule has 0 spiro atoms. The summed E-state index contributed by atoms with van der Waals surface area (Å²) < 4.78 is 42.0. The van der Waals surface area contributed by atoms with Crippen molar-refractivity contribution in [2.45, 2.75) is 19.4 Å². The zero-order chi connectivity index (χ0) is 20.0. The van der Waals surface area contributed by atoms with Crippen LogP contribution < -0.4 is 10.8 Å². The summed E-state index contributed by atoms with van der Waals surface area (Å²) in [7, 11) is 0. The summed E-state index contributed by atoms with van der Waals surface area (Å²) in [5, 5.41) is 20.2. The minimum absolute atomic E-state index is 0.137. The lowest BCUT2D eigenvalue weighted by Gasteiger charge is -2.15. The van der Waals surface area contributed by atoms with Crippen LogP contribution in [0.15, 0.2) is 30.3 Å². The zero-order valence-corrected chi connectivity index (χ0v) is 14.4. The Hall–Kier alpha value is -2.62. The first kappa shape index (κ1) is 20.7. The summed E-state index contributed by atoms with van der Waals surface area (Å²) in [6.45, 7) is 0.840. The minimum atomic E-state index is -1.36. The van der Waals surface area contributed by atoms with Crippen LogP contribution in [0.3, 0.4) is 0 Å². The molecule has 9 heteroatoms. The van der Waals surface area contributed by atoms with E-state index < -0.39 is 48.4 Å². The number of rotatable bonds is 8. The van der Waals surface area contributed by atoms with Crippen molar-refractivity contribution < 1.29 is 33.0 Å². The van der Waals surface area contributed by atoms with E-state index in [4.69, 9.17) is 15.1 Å². The van der Waals surface area contributed by atoms with Gasteiger partial charge < -0.3 is 15.5 Å². The number of nitrogens with one attached hydrogen (secondary N) is 2. The van der Waals surface area contributed by atoms with Crippen LogP contribution >= 0.6 is 0 Å². The Kier molecular flexibility index (Phi) is 7.17. The fraction of sp³-hybridized carbons (Fsp3) is 0.278. The number of hydroxylamine groups is 1. The van der Waals surface area contributed by atoms with Crippen LogP contribution in [0.1, 0.15) is 22.8 Å². The van der Waals surface area contributed by atoms with Gasteiger partial charge in [-0.1, -0.05) is 13.0 Å². The van der Waals surface area contributed by atoms with E-state index in [1.165, 1.54) is 12.1 Å². The quantitative estimate of drug-likeness (QED) is 0.525. The molecule has 2 aromatic carbocycles. The number of carbonyl (C=O) groups is 1. The van der Waals surface area contributed by atoms with E-state index in [0.717, 1.165) is 12.1 Å². The number of aliphatic hydroxyl groups is 2. The first-order valence-electron chi connectivity index (χ1n) is 8.11. The summed E-state index contributed by atoms with van der Waals surface area (Å²) in [4.78, 5) is 16.9. The largest absolute Gasteiger partial charge is 0.394 e. The second kappa shape index (κ2) is 9.36. The van der Waals surface area contributed by atoms with Gasteiger partial charge in [-0.3, -0.25) is 9.63 Å². The van der Waals surface area contributed by atoms with Gasteiger partial charge in [0.05, 0.1) is 23.5 Å². The highest BCUT2D eigenvalue weighted by molar-refractivity contribution is 5.99. The van der Waals surface area contributed by atoms with Crippen molar-refractivity contribution in [3.8, 4) is 0 Å². The van der Waals surface area contributed by atoms with Gasteiger partial charge in [0.2, 0.25) is 0 Å². The molecule has 2 aromatic rings. The highest BCUT2D eigenvalue weighted by Gasteiger charge is 2.20. The normalized spacial score (nSPS) is 11.9. The van der Waals surface area contributed by atoms with E-state index in [0.29, 0.717) is 12.0 Å². The van der Waals surface area contributed by atoms with E-state index in [9.17, 15) is 18.0 Å². The molecular weight excluding hydrogens is 365 g/mol. The first-order chi connectivity index (χ1) is 12.9. The molecule has 4 N–H and O–H groups in total. The summed E-state index contributed by atoms with van der Waals surface area (Å²) in [6.07, 6.45) is -0.630. The molecule has 0 saturated heterocycles. The van der Waals surface area contributed by atoms with Crippen LogP contribution in [0.4, 0.5) is 24.5 Å². The monoisotopic (exact) mass is 384 g/mol. The second-order valence-electron chi connectivity index (χ2n) is 5.66. The van der Waals surface area contributed by atoms with Crippen molar-refractivity contribution in [2.24, 2.45) is 0 Å². The van der Waals surface area contributed by atoms with Crippen molar-refractivity contribution in [3.63, 3.8) is 0 Å². The molecule has 0 aliphatic heterocycles. The molecule has 27 heavy (non-hydrogen) atoms. The Morgan fingerprint density at radius 1 is 1.19 bits per heavy atom. The lowest BCUT2D eigenvalue weighted by Crippen LogP contribution is -2.30. The lowest BCUT2D eigenvalue weighted by atomic mass is 10.1. The third kappa shape index (κ3) is 5.19. The molecule has 6 nitrogen and oxygen atoms in total. The van der Waals surface area contributed by atoms with Crippen molar-refractivity contribution in [1.82, 2.24) is 5.48 Å². The summed E-state index contributed by atoms with van der Waals surface area (Å²) in [6, 6.07) is 5.96. The summed E-state index contributed by atoms with van der Waals surface area (Å²) in [5.41, 5.74) is 1.61. The SMILES string of the molecule is CCc1ccc(Nc2c(C(=O)NOCC(O)CO)ccc(F)c2F)c(F)c1. The number of anilines is 2. The molecular formula is C18H19F3N2O4. The maximum absolute atomic E-state index is 14.2. The van der Waals surface area contributed by atoms with Gasteiger partial charge in [-0.25, -0.2) is 18.7 Å². The Balaban J connectivity index is 2.27. The standard InChI is InChI=1S/C18H19F3N2O4/c1-2-10-3-6-15(14(20)7-10)22-17-12(4-5-13(19)16(17)21)18(26)23-27-9-11(25)8-24/h3-7,11,22,24-25H,2,8-9H2,1H3,(H,23,26). The lowest BCUT2D eigenvalue weighted by molar-refractivity contribution is -0.0295. The number of halogens is 3. The molecule has 1 atom stereocenters. The predicted molar refractivity (Wildman–Crippen MR) is 91.9 cm³/mol. The molecule has 1 unspecified atom stereocenters. The fourth-order valence-corrected chi connectivity index (χ4v) is 2.19. The Morgan fingerprint density at radius 3 is 2.56 bits per heavy atom. The van der Waals surface area contributed by atoms with Gasteiger partial charge in [0, 0.05) is 0 Å². The topological polar surface area (TPSA) is 90.8 Å². The number of amides is 1. The van der Waals surface area contributed by atoms with E-state index >= 15 is 0 Å². The smallest absolute Gasteiger partial charge is 0.277 e. The van der Waals surface area contributed by atoms with Crippen LogP contribution in [0.5, 0.6) is 0 Å². The van der Waals surface area contributed by atoms with Gasteiger partial charge >= 0.3 is 0 Å². The number of aryl methyl sites for hydroxylation is 1. The van der Waals surface area contributed by atoms with Gasteiger partial charge in [-0.15, -0.1) is 0 Å². The number of carbonyl (C=O) groups excluding carboxylic acids is 1. The van der Waals surface area contributed by atoms with E-state index in [2.05, 4.69) is 5.32 Å². The molecule has 1 amide bonds. The molecule has 0 bridgehead atoms. The summed E-state index contributed by atoms with van der Waals surface area (Å²) >= 11 is 0. The highest BCUT2D eigenvalue weighted by atomic mass is 19.2. The van der Waals surface area contributed by atoms with E-state index in [1.54, 1.807) is 6.07 Å². The number of hydrogen-bond donors (Lipinski definition) is 4. The number of aliphatic hydroxyl groups excluding tert-OH is 2. The molecule has 0 fully saturated rings. The molecule has 0 saturated carbocycles. The van der Waals surface area contributed by atoms with Crippen LogP contribution in [-0.2, 0) is 11.3 Å². The third-order valence-corrected chi connectivity index (χ3v) is 3.69. The molecule has 0 aliphatic rings. The molecule has 146 valence electrons. The third-order valence-electron chi connectivity index (χ3n) is 3.69. The van der Waals surface area contributed by atoms with Crippen LogP contribution in [-0.4, -0.2) is 35.4 Å².